The van der Waals surface area contributed by atoms with E-state index < -0.39 is 0 Å². The fourth-order valence-electron chi connectivity index (χ4n) is 1.06. The van der Waals surface area contributed by atoms with Gasteiger partial charge in [-0.3, -0.25) is 0 Å². The smallest absolute Gasteiger partial charge is 0.227 e. The van der Waals surface area contributed by atoms with E-state index in [9.17, 15) is 0 Å². The summed E-state index contributed by atoms with van der Waals surface area (Å²) in [6.45, 7) is 0.796. The van der Waals surface area contributed by atoms with E-state index >= 15 is 0 Å². The second-order valence-corrected chi connectivity index (χ2v) is 3.41. The number of nitrogens with one attached hydrogen (secondary N) is 1. The number of hydrogen-bond acceptors (Lipinski definition) is 5. The minimum absolute atomic E-state index is 0.796. The topological polar surface area (TPSA) is 57.7 Å². The molecule has 2 heterocycles. The maximum absolute atomic E-state index is 3.87. The summed E-state index contributed by atoms with van der Waals surface area (Å²) in [7, 11) is 1.96. The molecular weight excluding hydrogens is 186 g/mol. The van der Waals surface area contributed by atoms with E-state index in [-0.39, 0.29) is 0 Å². The highest BCUT2D eigenvalue weighted by molar-refractivity contribution is 7.09. The monoisotopic (exact) mass is 195 g/mol. The Labute approximate surface area is 79.6 Å². The van der Waals surface area contributed by atoms with Crippen LogP contribution in [0, 0.1) is 0 Å². The van der Waals surface area contributed by atoms with E-state index in [4.69, 9.17) is 0 Å². The van der Waals surface area contributed by atoms with Crippen LogP contribution in [0.15, 0.2) is 18.3 Å². The molecule has 0 amide bonds. The summed E-state index contributed by atoms with van der Waals surface area (Å²) in [5.74, 6) is 0. The van der Waals surface area contributed by atoms with Crippen LogP contribution in [0.5, 0.6) is 0 Å². The molecule has 5 nitrogen and oxygen atoms in total. The fraction of sp³-hybridized carbons (Fsp3) is 0.286. The Balaban J connectivity index is 2.04. The van der Waals surface area contributed by atoms with Crippen molar-refractivity contribution >= 4 is 16.7 Å². The van der Waals surface area contributed by atoms with Crippen molar-refractivity contribution in [3.8, 4) is 0 Å². The van der Waals surface area contributed by atoms with Gasteiger partial charge in [0.25, 0.3) is 0 Å². The molecule has 2 rings (SSSR count). The number of aromatic amines is 1. The maximum Gasteiger partial charge on any atom is 0.227 e. The summed E-state index contributed by atoms with van der Waals surface area (Å²) in [4.78, 5) is 5.12. The number of nitrogens with zero attached hydrogens (tertiary/aromatic N) is 4. The minimum Gasteiger partial charge on any atom is -0.364 e. The molecule has 0 atom stereocenters. The van der Waals surface area contributed by atoms with Gasteiger partial charge in [-0.15, -0.1) is 0 Å². The second-order valence-electron chi connectivity index (χ2n) is 2.70. The molecule has 6 heteroatoms. The van der Waals surface area contributed by atoms with Crippen molar-refractivity contribution in [3.05, 3.63) is 24.0 Å². The van der Waals surface area contributed by atoms with Crippen molar-refractivity contribution in [2.24, 2.45) is 0 Å². The first kappa shape index (κ1) is 8.18. The highest BCUT2D eigenvalue weighted by atomic mass is 32.1. The van der Waals surface area contributed by atoms with E-state index in [0.717, 1.165) is 17.4 Å². The van der Waals surface area contributed by atoms with Gasteiger partial charge in [0.1, 0.15) is 0 Å². The number of H-pyrrole nitrogens is 1. The highest BCUT2D eigenvalue weighted by Crippen LogP contribution is 2.13. The molecule has 0 spiro atoms. The molecule has 2 aromatic heterocycles. The lowest BCUT2D eigenvalue weighted by Gasteiger charge is -2.12. The standard InChI is InChI=1S/C7H9N5S/c1-12(7-9-10-11-13-7)5-6-3-2-4-8-6/h2-4,8H,5H2,1H3. The van der Waals surface area contributed by atoms with Crippen molar-refractivity contribution in [2.75, 3.05) is 11.9 Å². The molecule has 0 unspecified atom stereocenters. The normalized spacial score (nSPS) is 10.2. The average Bonchev–Trinajstić information content (AvgIpc) is 2.74. The third-order valence-corrected chi connectivity index (χ3v) is 2.40. The van der Waals surface area contributed by atoms with E-state index in [1.807, 2.05) is 30.3 Å². The fourth-order valence-corrected chi connectivity index (χ4v) is 1.49. The van der Waals surface area contributed by atoms with Gasteiger partial charge in [0.05, 0.1) is 6.54 Å². The van der Waals surface area contributed by atoms with Crippen LogP contribution >= 0.6 is 11.5 Å². The Bertz CT molecular complexity index is 341. The summed E-state index contributed by atoms with van der Waals surface area (Å²) >= 11 is 1.29. The van der Waals surface area contributed by atoms with E-state index in [2.05, 4.69) is 19.8 Å². The number of anilines is 1. The van der Waals surface area contributed by atoms with Crippen molar-refractivity contribution in [1.29, 1.82) is 0 Å². The molecular formula is C7H9N5S. The van der Waals surface area contributed by atoms with Gasteiger partial charge >= 0.3 is 0 Å². The first-order chi connectivity index (χ1) is 6.36. The third kappa shape index (κ3) is 1.83. The largest absolute Gasteiger partial charge is 0.364 e. The van der Waals surface area contributed by atoms with Crippen molar-refractivity contribution in [3.63, 3.8) is 0 Å². The second kappa shape index (κ2) is 3.53. The first-order valence-corrected chi connectivity index (χ1v) is 4.62. The van der Waals surface area contributed by atoms with Crippen LogP contribution in [0.1, 0.15) is 5.69 Å². The minimum atomic E-state index is 0.796. The number of hydrogen-bond donors (Lipinski definition) is 1. The summed E-state index contributed by atoms with van der Waals surface area (Å²) in [5.41, 5.74) is 1.15. The summed E-state index contributed by atoms with van der Waals surface area (Å²) in [6, 6.07) is 4.01. The van der Waals surface area contributed by atoms with Gasteiger partial charge < -0.3 is 9.88 Å². The van der Waals surface area contributed by atoms with Crippen LogP contribution in [0.25, 0.3) is 0 Å². The molecule has 0 aliphatic rings. The molecule has 2 aromatic rings. The van der Waals surface area contributed by atoms with Crippen LogP contribution in [-0.2, 0) is 6.54 Å². The molecule has 0 radical (unpaired) electrons. The van der Waals surface area contributed by atoms with Gasteiger partial charge in [0, 0.05) is 30.5 Å². The molecule has 0 fully saturated rings. The summed E-state index contributed by atoms with van der Waals surface area (Å²) < 4.78 is 3.70. The first-order valence-electron chi connectivity index (χ1n) is 3.84. The van der Waals surface area contributed by atoms with Crippen molar-refractivity contribution in [1.82, 2.24) is 19.8 Å². The highest BCUT2D eigenvalue weighted by Gasteiger charge is 2.05. The Morgan fingerprint density at radius 1 is 1.62 bits per heavy atom. The van der Waals surface area contributed by atoms with Gasteiger partial charge in [-0.1, -0.05) is 9.59 Å². The van der Waals surface area contributed by atoms with Crippen LogP contribution in [-0.4, -0.2) is 26.8 Å². The average molecular weight is 195 g/mol. The van der Waals surface area contributed by atoms with Gasteiger partial charge in [-0.25, -0.2) is 0 Å². The van der Waals surface area contributed by atoms with Crippen LogP contribution < -0.4 is 4.90 Å². The third-order valence-electron chi connectivity index (χ3n) is 1.69. The van der Waals surface area contributed by atoms with Gasteiger partial charge in [0.15, 0.2) is 0 Å². The molecule has 0 saturated carbocycles. The van der Waals surface area contributed by atoms with E-state index in [1.165, 1.54) is 11.5 Å². The zero-order chi connectivity index (χ0) is 9.10. The SMILES string of the molecule is CN(Cc1ccc[nH]1)c1nnns1. The zero-order valence-corrected chi connectivity index (χ0v) is 7.95. The lowest BCUT2D eigenvalue weighted by Crippen LogP contribution is -2.16. The molecule has 68 valence electrons. The number of rotatable bonds is 3. The van der Waals surface area contributed by atoms with Crippen LogP contribution in [0.2, 0.25) is 0 Å². The summed E-state index contributed by atoms with van der Waals surface area (Å²) in [5, 5.41) is 8.23. The Morgan fingerprint density at radius 2 is 2.54 bits per heavy atom. The van der Waals surface area contributed by atoms with Crippen LogP contribution in [0.3, 0.4) is 0 Å². The van der Waals surface area contributed by atoms with Crippen molar-refractivity contribution in [2.45, 2.75) is 6.54 Å². The van der Waals surface area contributed by atoms with Crippen LogP contribution in [0.4, 0.5) is 5.13 Å². The Kier molecular flexibility index (Phi) is 2.22. The lowest BCUT2D eigenvalue weighted by atomic mass is 10.4. The molecule has 0 aromatic carbocycles. The predicted molar refractivity (Wildman–Crippen MR) is 50.6 cm³/mol. The maximum atomic E-state index is 3.87. The quantitative estimate of drug-likeness (QED) is 0.790. The summed E-state index contributed by atoms with van der Waals surface area (Å²) in [6.07, 6.45) is 1.90. The van der Waals surface area contributed by atoms with E-state index in [1.54, 1.807) is 0 Å². The lowest BCUT2D eigenvalue weighted by molar-refractivity contribution is 0.858. The Morgan fingerprint density at radius 3 is 3.15 bits per heavy atom. The molecule has 1 N–H and O–H groups in total. The molecule has 0 saturated heterocycles. The predicted octanol–water partition coefficient (Wildman–Crippen LogP) is 0.898. The van der Waals surface area contributed by atoms with Gasteiger partial charge in [-0.05, 0) is 17.3 Å². The van der Waals surface area contributed by atoms with E-state index in [0.29, 0.717) is 0 Å². The van der Waals surface area contributed by atoms with Gasteiger partial charge in [0.2, 0.25) is 5.13 Å². The molecule has 13 heavy (non-hydrogen) atoms. The van der Waals surface area contributed by atoms with Crippen molar-refractivity contribution < 1.29 is 0 Å². The van der Waals surface area contributed by atoms with Gasteiger partial charge in [-0.2, -0.15) is 0 Å². The number of aromatic nitrogens is 4. The Hall–Kier alpha value is -1.43. The molecule has 0 aliphatic carbocycles. The molecule has 0 aliphatic heterocycles. The molecule has 0 bridgehead atoms. The zero-order valence-electron chi connectivity index (χ0n) is 7.14.